The predicted octanol–water partition coefficient (Wildman–Crippen LogP) is 2.39. The summed E-state index contributed by atoms with van der Waals surface area (Å²) in [6.45, 7) is -0.857. The lowest BCUT2D eigenvalue weighted by molar-refractivity contribution is -0.156. The second kappa shape index (κ2) is 5.28. The van der Waals surface area contributed by atoms with E-state index in [1.165, 1.54) is 0 Å². The molecule has 0 bridgehead atoms. The molecule has 0 aliphatic rings. The highest BCUT2D eigenvalue weighted by molar-refractivity contribution is 5.93. The molecule has 0 fully saturated rings. The monoisotopic (exact) mass is 264 g/mol. The van der Waals surface area contributed by atoms with Gasteiger partial charge in [0.25, 0.3) is 0 Å². The molecule has 0 spiro atoms. The molecule has 0 aromatic rings. The zero-order chi connectivity index (χ0) is 13.9. The van der Waals surface area contributed by atoms with Crippen molar-refractivity contribution in [2.24, 2.45) is 10.7 Å². The predicted molar refractivity (Wildman–Crippen MR) is 48.3 cm³/mol. The van der Waals surface area contributed by atoms with Crippen molar-refractivity contribution in [1.82, 2.24) is 0 Å². The van der Waals surface area contributed by atoms with Crippen LogP contribution in [0.4, 0.5) is 26.3 Å². The van der Waals surface area contributed by atoms with Gasteiger partial charge in [-0.05, 0) is 6.92 Å². The van der Waals surface area contributed by atoms with Crippen molar-refractivity contribution < 1.29 is 31.1 Å². The third-order valence-electron chi connectivity index (χ3n) is 1.61. The number of rotatable bonds is 2. The van der Waals surface area contributed by atoms with E-state index in [0.29, 0.717) is 0 Å². The molecule has 17 heavy (non-hydrogen) atoms. The molecule has 0 saturated carbocycles. The van der Waals surface area contributed by atoms with Crippen LogP contribution in [0.15, 0.2) is 16.3 Å². The smallest absolute Gasteiger partial charge is 0.431 e. The fraction of sp³-hybridized carbons (Fsp3) is 0.625. The van der Waals surface area contributed by atoms with Crippen molar-refractivity contribution in [3.05, 3.63) is 11.3 Å². The first-order valence-electron chi connectivity index (χ1n) is 4.19. The van der Waals surface area contributed by atoms with E-state index in [-0.39, 0.29) is 0 Å². The summed E-state index contributed by atoms with van der Waals surface area (Å²) in [5.74, 6) is -0.794. The lowest BCUT2D eigenvalue weighted by Gasteiger charge is -2.14. The Morgan fingerprint density at radius 2 is 1.65 bits per heavy atom. The molecule has 0 radical (unpaired) electrons. The molecule has 2 N–H and O–H groups in total. The van der Waals surface area contributed by atoms with Gasteiger partial charge in [-0.15, -0.1) is 0 Å². The molecular formula is C8H10F6N2O. The van der Waals surface area contributed by atoms with Gasteiger partial charge in [-0.2, -0.15) is 26.3 Å². The Hall–Kier alpha value is -1.41. The fourth-order valence-corrected chi connectivity index (χ4v) is 0.819. The summed E-state index contributed by atoms with van der Waals surface area (Å²) in [6.07, 6.45) is -9.51. The Morgan fingerprint density at radius 3 is 1.94 bits per heavy atom. The van der Waals surface area contributed by atoms with Crippen LogP contribution in [0, 0.1) is 0 Å². The van der Waals surface area contributed by atoms with Crippen molar-refractivity contribution in [3.8, 4) is 0 Å². The lowest BCUT2D eigenvalue weighted by Crippen LogP contribution is -2.26. The van der Waals surface area contributed by atoms with Gasteiger partial charge in [-0.1, -0.05) is 0 Å². The molecule has 0 aromatic heterocycles. The number of nitrogens with two attached hydrogens (primary N) is 1. The molecule has 100 valence electrons. The number of halogens is 6. The van der Waals surface area contributed by atoms with Crippen LogP contribution < -0.4 is 5.73 Å². The molecule has 0 amide bonds. The third-order valence-corrected chi connectivity index (χ3v) is 1.61. The minimum Gasteiger partial charge on any atom is -0.468 e. The van der Waals surface area contributed by atoms with E-state index in [4.69, 9.17) is 5.73 Å². The molecule has 0 aliphatic carbocycles. The highest BCUT2D eigenvalue weighted by atomic mass is 19.4. The van der Waals surface area contributed by atoms with Gasteiger partial charge in [0.2, 0.25) is 5.90 Å². The normalized spacial score (nSPS) is 15.6. The molecule has 0 rings (SSSR count). The average molecular weight is 264 g/mol. The molecule has 0 saturated heterocycles. The van der Waals surface area contributed by atoms with Gasteiger partial charge in [-0.3, -0.25) is 4.99 Å². The molecular weight excluding hydrogens is 254 g/mol. The molecule has 3 nitrogen and oxygen atoms in total. The maximum absolute atomic E-state index is 12.2. The van der Waals surface area contributed by atoms with E-state index in [0.717, 1.165) is 14.0 Å². The molecule has 0 aliphatic heterocycles. The second-order valence-electron chi connectivity index (χ2n) is 2.97. The molecule has 0 heterocycles. The second-order valence-corrected chi connectivity index (χ2v) is 2.97. The van der Waals surface area contributed by atoms with Crippen LogP contribution in [-0.2, 0) is 4.74 Å². The van der Waals surface area contributed by atoms with Crippen LogP contribution in [-0.4, -0.2) is 31.9 Å². The van der Waals surface area contributed by atoms with Gasteiger partial charge in [0, 0.05) is 12.6 Å². The number of hydrogen-bond donors (Lipinski definition) is 1. The first-order valence-corrected chi connectivity index (χ1v) is 4.19. The Balaban J connectivity index is 4.93. The Labute approximate surface area is 92.9 Å². The zero-order valence-electron chi connectivity index (χ0n) is 8.91. The summed E-state index contributed by atoms with van der Waals surface area (Å²) >= 11 is 0. The maximum Gasteiger partial charge on any atom is 0.431 e. The highest BCUT2D eigenvalue weighted by Gasteiger charge is 2.35. The average Bonchev–Trinajstić information content (AvgIpc) is 2.14. The minimum atomic E-state index is -4.85. The van der Waals surface area contributed by atoms with Crippen LogP contribution in [0.5, 0.6) is 0 Å². The number of alkyl halides is 6. The van der Waals surface area contributed by atoms with Crippen molar-refractivity contribution in [2.75, 3.05) is 13.7 Å². The fourth-order valence-electron chi connectivity index (χ4n) is 0.819. The number of allylic oxidation sites excluding steroid dienone is 1. The van der Waals surface area contributed by atoms with E-state index in [2.05, 4.69) is 9.73 Å². The van der Waals surface area contributed by atoms with E-state index in [1.54, 1.807) is 0 Å². The first kappa shape index (κ1) is 15.6. The van der Waals surface area contributed by atoms with Gasteiger partial charge < -0.3 is 10.5 Å². The highest BCUT2D eigenvalue weighted by Crippen LogP contribution is 2.25. The topological polar surface area (TPSA) is 47.6 Å². The van der Waals surface area contributed by atoms with Gasteiger partial charge in [0.15, 0.2) is 6.61 Å². The van der Waals surface area contributed by atoms with Crippen molar-refractivity contribution in [3.63, 3.8) is 0 Å². The Kier molecular flexibility index (Phi) is 4.84. The van der Waals surface area contributed by atoms with E-state index in [1.807, 2.05) is 0 Å². The Morgan fingerprint density at radius 1 is 1.18 bits per heavy atom. The van der Waals surface area contributed by atoms with Gasteiger partial charge >= 0.3 is 12.4 Å². The molecule has 0 unspecified atom stereocenters. The largest absolute Gasteiger partial charge is 0.468 e. The SMILES string of the molecule is CN=C(OCC(F)(F)F)C(C)=C(N)C(F)(F)F. The first-order chi connectivity index (χ1) is 7.49. The number of ether oxygens (including phenoxy) is 1. The van der Waals surface area contributed by atoms with E-state index >= 15 is 0 Å². The van der Waals surface area contributed by atoms with E-state index < -0.39 is 36.1 Å². The minimum absolute atomic E-state index is 0.691. The number of hydrogen-bond acceptors (Lipinski definition) is 3. The van der Waals surface area contributed by atoms with Crippen molar-refractivity contribution in [2.45, 2.75) is 19.3 Å². The van der Waals surface area contributed by atoms with Crippen LogP contribution in [0.1, 0.15) is 6.92 Å². The number of aliphatic imine (C=N–C) groups is 1. The molecule has 0 aromatic carbocycles. The standard InChI is InChI=1S/C8H10F6N2O/c1-4(5(15)8(12,13)14)6(16-2)17-3-7(9,10)11/h3,15H2,1-2H3. The quantitative estimate of drug-likeness (QED) is 0.473. The van der Waals surface area contributed by atoms with Crippen LogP contribution in [0.25, 0.3) is 0 Å². The van der Waals surface area contributed by atoms with Crippen molar-refractivity contribution in [1.29, 1.82) is 0 Å². The van der Waals surface area contributed by atoms with Gasteiger partial charge in [0.05, 0.1) is 0 Å². The molecule has 9 heteroatoms. The van der Waals surface area contributed by atoms with Gasteiger partial charge in [0.1, 0.15) is 5.70 Å². The summed E-state index contributed by atoms with van der Waals surface area (Å²) in [6, 6.07) is 0. The summed E-state index contributed by atoms with van der Waals surface area (Å²) in [4.78, 5) is 3.18. The third kappa shape index (κ3) is 5.45. The van der Waals surface area contributed by atoms with Crippen LogP contribution in [0.2, 0.25) is 0 Å². The summed E-state index contributed by atoms with van der Waals surface area (Å²) in [7, 11) is 0.999. The van der Waals surface area contributed by atoms with Crippen LogP contribution >= 0.6 is 0 Å². The maximum atomic E-state index is 12.2. The zero-order valence-corrected chi connectivity index (χ0v) is 8.91. The Bertz CT molecular complexity index is 328. The summed E-state index contributed by atoms with van der Waals surface area (Å²) < 4.78 is 76.0. The summed E-state index contributed by atoms with van der Waals surface area (Å²) in [5, 5.41) is 0. The van der Waals surface area contributed by atoms with Crippen molar-refractivity contribution >= 4 is 5.90 Å². The number of nitrogens with zero attached hydrogens (tertiary/aromatic N) is 1. The lowest BCUT2D eigenvalue weighted by atomic mass is 10.2. The van der Waals surface area contributed by atoms with E-state index in [9.17, 15) is 26.3 Å². The van der Waals surface area contributed by atoms with Gasteiger partial charge in [-0.25, -0.2) is 0 Å². The molecule has 0 atom stereocenters. The summed E-state index contributed by atoms with van der Waals surface area (Å²) in [5.41, 5.74) is 2.49. The van der Waals surface area contributed by atoms with Crippen LogP contribution in [0.3, 0.4) is 0 Å².